The molecule has 0 aliphatic carbocycles. The monoisotopic (exact) mass is 526 g/mol. The molecule has 0 unspecified atom stereocenters. The zero-order chi connectivity index (χ0) is 26.6. The lowest BCUT2D eigenvalue weighted by atomic mass is 10.2. The molecule has 6 rings (SSSR count). The minimum absolute atomic E-state index is 0.116. The maximum atomic E-state index is 12.8. The molecule has 1 saturated heterocycles. The highest BCUT2D eigenvalue weighted by Crippen LogP contribution is 2.34. The van der Waals surface area contributed by atoms with E-state index in [-0.39, 0.29) is 17.6 Å². The molecule has 3 aromatic heterocycles. The normalized spacial score (nSPS) is 13.9. The van der Waals surface area contributed by atoms with Crippen LogP contribution in [0, 0.1) is 0 Å². The highest BCUT2D eigenvalue weighted by molar-refractivity contribution is 5.94. The number of hydrogen-bond donors (Lipinski definition) is 2. The van der Waals surface area contributed by atoms with E-state index >= 15 is 0 Å². The Morgan fingerprint density at radius 2 is 1.90 bits per heavy atom. The van der Waals surface area contributed by atoms with Gasteiger partial charge in [0.15, 0.2) is 22.9 Å². The maximum absolute atomic E-state index is 12.8. The van der Waals surface area contributed by atoms with E-state index in [1.54, 1.807) is 30.5 Å². The second-order valence-electron chi connectivity index (χ2n) is 8.93. The molecule has 0 radical (unpaired) electrons. The predicted octanol–water partition coefficient (Wildman–Crippen LogP) is 2.91. The Kier molecular flexibility index (Phi) is 6.85. The van der Waals surface area contributed by atoms with Gasteiger partial charge in [-0.2, -0.15) is 0 Å². The number of nitrogens with zero attached hydrogens (tertiary/aromatic N) is 6. The van der Waals surface area contributed by atoms with E-state index in [0.29, 0.717) is 34.9 Å². The third-order valence-corrected chi connectivity index (χ3v) is 6.41. The first-order valence-electron chi connectivity index (χ1n) is 12.5. The number of nitrogens with two attached hydrogens (primary N) is 1. The number of ether oxygens (including phenoxy) is 2. The van der Waals surface area contributed by atoms with Gasteiger partial charge in [0, 0.05) is 43.6 Å². The number of fused-ring (bicyclic) bond motifs is 1. The number of benzene rings is 2. The number of aromatic nitrogens is 5. The van der Waals surface area contributed by atoms with Crippen molar-refractivity contribution in [3.05, 3.63) is 72.4 Å². The number of nitrogen functional groups attached to an aromatic ring is 1. The van der Waals surface area contributed by atoms with E-state index in [0.717, 1.165) is 44.1 Å². The highest BCUT2D eigenvalue weighted by atomic mass is 16.6. The van der Waals surface area contributed by atoms with Gasteiger partial charge in [0.2, 0.25) is 5.88 Å². The molecule has 5 aromatic rings. The Labute approximate surface area is 223 Å². The highest BCUT2D eigenvalue weighted by Gasteiger charge is 2.23. The van der Waals surface area contributed by atoms with Crippen molar-refractivity contribution in [2.24, 2.45) is 0 Å². The zero-order valence-corrected chi connectivity index (χ0v) is 21.0. The number of pyridine rings is 1. The van der Waals surface area contributed by atoms with Crippen LogP contribution in [-0.4, -0.2) is 75.0 Å². The minimum Gasteiger partial charge on any atom is -0.437 e. The zero-order valence-electron chi connectivity index (χ0n) is 21.0. The molecular weight excluding hydrogens is 500 g/mol. The summed E-state index contributed by atoms with van der Waals surface area (Å²) in [4.78, 5) is 24.3. The van der Waals surface area contributed by atoms with Crippen LogP contribution in [0.4, 0.5) is 5.82 Å². The molecule has 1 amide bonds. The first-order chi connectivity index (χ1) is 19.2. The van der Waals surface area contributed by atoms with Gasteiger partial charge >= 0.3 is 0 Å². The molecule has 39 heavy (non-hydrogen) atoms. The fourth-order valence-corrected chi connectivity index (χ4v) is 4.47. The summed E-state index contributed by atoms with van der Waals surface area (Å²) < 4.78 is 18.3. The van der Waals surface area contributed by atoms with Crippen LogP contribution in [0.3, 0.4) is 0 Å². The minimum atomic E-state index is -0.176. The van der Waals surface area contributed by atoms with Gasteiger partial charge in [0.25, 0.3) is 5.91 Å². The Balaban J connectivity index is 1.27. The largest absolute Gasteiger partial charge is 0.437 e. The Bertz CT molecular complexity index is 1590. The number of anilines is 1. The average Bonchev–Trinajstić information content (AvgIpc) is 3.58. The summed E-state index contributed by atoms with van der Waals surface area (Å²) in [6.45, 7) is 4.52. The second-order valence-corrected chi connectivity index (χ2v) is 8.93. The van der Waals surface area contributed by atoms with E-state index in [9.17, 15) is 4.79 Å². The van der Waals surface area contributed by atoms with Crippen LogP contribution in [-0.2, 0) is 4.74 Å². The summed E-state index contributed by atoms with van der Waals surface area (Å²) >= 11 is 0. The van der Waals surface area contributed by atoms with E-state index in [1.165, 1.54) is 0 Å². The molecule has 12 nitrogen and oxygen atoms in total. The van der Waals surface area contributed by atoms with E-state index in [1.807, 2.05) is 41.0 Å². The summed E-state index contributed by atoms with van der Waals surface area (Å²) in [6, 6.07) is 18.4. The number of carbonyl (C=O) groups is 1. The molecule has 0 spiro atoms. The van der Waals surface area contributed by atoms with Crippen LogP contribution in [0.15, 0.2) is 71.5 Å². The Hall–Kier alpha value is -4.81. The van der Waals surface area contributed by atoms with E-state index < -0.39 is 0 Å². The molecule has 1 aliphatic heterocycles. The lowest BCUT2D eigenvalue weighted by molar-refractivity contribution is 0.0383. The quantitative estimate of drug-likeness (QED) is 0.309. The fraction of sp³-hybridized carbons (Fsp3) is 0.222. The van der Waals surface area contributed by atoms with Gasteiger partial charge in [0.05, 0.1) is 18.7 Å². The summed E-state index contributed by atoms with van der Waals surface area (Å²) in [5.74, 6) is 1.09. The number of rotatable bonds is 8. The number of para-hydroxylation sites is 1. The van der Waals surface area contributed by atoms with Gasteiger partial charge in [-0.3, -0.25) is 14.3 Å². The topological polar surface area (TPSA) is 146 Å². The number of hydrogen-bond acceptors (Lipinski definition) is 10. The molecule has 3 N–H and O–H groups in total. The summed E-state index contributed by atoms with van der Waals surface area (Å²) in [5, 5.41) is 10.6. The Morgan fingerprint density at radius 3 is 2.69 bits per heavy atom. The third-order valence-electron chi connectivity index (χ3n) is 6.41. The van der Waals surface area contributed by atoms with Gasteiger partial charge in [-0.25, -0.2) is 14.6 Å². The summed E-state index contributed by atoms with van der Waals surface area (Å²) in [5.41, 5.74) is 8.84. The number of imidazole rings is 1. The van der Waals surface area contributed by atoms with Gasteiger partial charge in [0.1, 0.15) is 5.75 Å². The molecule has 0 saturated carbocycles. The van der Waals surface area contributed by atoms with Gasteiger partial charge in [-0.05, 0) is 46.7 Å². The molecule has 1 aliphatic rings. The molecule has 0 atom stereocenters. The number of nitrogens with one attached hydrogen (secondary N) is 1. The molecule has 1 fully saturated rings. The first kappa shape index (κ1) is 24.5. The maximum Gasteiger partial charge on any atom is 0.251 e. The van der Waals surface area contributed by atoms with Crippen LogP contribution in [0.25, 0.3) is 28.2 Å². The smallest absolute Gasteiger partial charge is 0.251 e. The fourth-order valence-electron chi connectivity index (χ4n) is 4.47. The van der Waals surface area contributed by atoms with Crippen molar-refractivity contribution in [3.63, 3.8) is 0 Å². The molecule has 2 aromatic carbocycles. The number of morpholine rings is 1. The van der Waals surface area contributed by atoms with E-state index in [2.05, 4.69) is 25.5 Å². The second kappa shape index (κ2) is 10.9. The van der Waals surface area contributed by atoms with Crippen molar-refractivity contribution in [2.45, 2.75) is 0 Å². The van der Waals surface area contributed by atoms with Crippen LogP contribution in [0.2, 0.25) is 0 Å². The van der Waals surface area contributed by atoms with Gasteiger partial charge < -0.3 is 20.5 Å². The summed E-state index contributed by atoms with van der Waals surface area (Å²) in [7, 11) is 0. The molecule has 4 heterocycles. The Morgan fingerprint density at radius 1 is 1.05 bits per heavy atom. The lowest BCUT2D eigenvalue weighted by Crippen LogP contribution is -2.41. The first-order valence-corrected chi connectivity index (χ1v) is 12.5. The average molecular weight is 527 g/mol. The number of carbonyl (C=O) groups excluding carboxylic acids is 1. The van der Waals surface area contributed by atoms with Crippen molar-refractivity contribution < 1.29 is 18.9 Å². The van der Waals surface area contributed by atoms with Crippen LogP contribution < -0.4 is 15.8 Å². The molecule has 0 bridgehead atoms. The van der Waals surface area contributed by atoms with Crippen LogP contribution in [0.1, 0.15) is 10.4 Å². The predicted molar refractivity (Wildman–Crippen MR) is 143 cm³/mol. The molecule has 198 valence electrons. The standard InChI is InChI=1S/C27H26N8O4/c28-24-23(32-39-33-24)25-31-22-21(35(25)19-6-2-1-3-7-19)9-10-30-27(22)38-20-8-4-5-18(17-20)26(36)29-11-12-34-13-15-37-16-14-34/h1-10,17H,11-16H2,(H2,28,33)(H,29,36). The van der Waals surface area contributed by atoms with Crippen LogP contribution in [0.5, 0.6) is 11.6 Å². The van der Waals surface area contributed by atoms with Crippen molar-refractivity contribution in [1.82, 2.24) is 35.1 Å². The van der Waals surface area contributed by atoms with Gasteiger partial charge in [-0.1, -0.05) is 24.3 Å². The van der Waals surface area contributed by atoms with Crippen molar-refractivity contribution in [3.8, 4) is 28.8 Å². The van der Waals surface area contributed by atoms with Crippen molar-refractivity contribution in [1.29, 1.82) is 0 Å². The third kappa shape index (κ3) is 5.15. The number of amides is 1. The van der Waals surface area contributed by atoms with E-state index in [4.69, 9.17) is 24.8 Å². The molecular formula is C27H26N8O4. The summed E-state index contributed by atoms with van der Waals surface area (Å²) in [6.07, 6.45) is 1.63. The SMILES string of the molecule is Nc1nonc1-c1nc2c(Oc3cccc(C(=O)NCCN4CCOCC4)c3)nccc2n1-c1ccccc1. The van der Waals surface area contributed by atoms with Crippen molar-refractivity contribution in [2.75, 3.05) is 45.1 Å². The van der Waals surface area contributed by atoms with Crippen LogP contribution >= 0.6 is 0 Å². The van der Waals surface area contributed by atoms with Crippen molar-refractivity contribution >= 4 is 22.8 Å². The molecule has 12 heteroatoms. The lowest BCUT2D eigenvalue weighted by Gasteiger charge is -2.26. The van der Waals surface area contributed by atoms with Gasteiger partial charge in [-0.15, -0.1) is 0 Å².